The van der Waals surface area contributed by atoms with Gasteiger partial charge in [-0.25, -0.2) is 0 Å². The standard InChI is InChI=1S/C11H18O2/c1-8-6-10(12-4)7-9(2)11(8,3)13-5/h6-7,10H,1-5H3. The van der Waals surface area contributed by atoms with Crippen molar-refractivity contribution in [2.75, 3.05) is 14.2 Å². The van der Waals surface area contributed by atoms with Gasteiger partial charge in [0.05, 0.1) is 6.10 Å². The predicted molar refractivity (Wildman–Crippen MR) is 53.7 cm³/mol. The molecule has 0 amide bonds. The molecule has 1 rings (SSSR count). The summed E-state index contributed by atoms with van der Waals surface area (Å²) in [5.74, 6) is 0. The van der Waals surface area contributed by atoms with E-state index in [1.54, 1.807) is 14.2 Å². The monoisotopic (exact) mass is 182 g/mol. The fourth-order valence-electron chi connectivity index (χ4n) is 1.63. The average molecular weight is 182 g/mol. The molecule has 13 heavy (non-hydrogen) atoms. The van der Waals surface area contributed by atoms with Crippen LogP contribution in [0.1, 0.15) is 20.8 Å². The largest absolute Gasteiger partial charge is 0.373 e. The lowest BCUT2D eigenvalue weighted by Crippen LogP contribution is -2.34. The van der Waals surface area contributed by atoms with Gasteiger partial charge in [0.25, 0.3) is 0 Å². The quantitative estimate of drug-likeness (QED) is 0.610. The van der Waals surface area contributed by atoms with E-state index in [1.165, 1.54) is 11.1 Å². The zero-order chi connectivity index (χ0) is 10.1. The molecule has 1 aliphatic rings. The highest BCUT2D eigenvalue weighted by molar-refractivity contribution is 5.36. The number of methoxy groups -OCH3 is 2. The van der Waals surface area contributed by atoms with E-state index < -0.39 is 0 Å². The summed E-state index contributed by atoms with van der Waals surface area (Å²) in [6, 6.07) is 0. The Morgan fingerprint density at radius 2 is 1.62 bits per heavy atom. The van der Waals surface area contributed by atoms with Gasteiger partial charge in [0.2, 0.25) is 0 Å². The first-order valence-electron chi connectivity index (χ1n) is 4.50. The first kappa shape index (κ1) is 10.5. The van der Waals surface area contributed by atoms with Crippen molar-refractivity contribution in [3.63, 3.8) is 0 Å². The lowest BCUT2D eigenvalue weighted by atomic mass is 9.83. The zero-order valence-corrected chi connectivity index (χ0v) is 9.05. The molecular formula is C11H18O2. The molecule has 0 aliphatic heterocycles. The molecule has 0 aromatic heterocycles. The topological polar surface area (TPSA) is 18.5 Å². The van der Waals surface area contributed by atoms with Crippen LogP contribution < -0.4 is 0 Å². The number of rotatable bonds is 2. The minimum absolute atomic E-state index is 0.100. The van der Waals surface area contributed by atoms with Crippen molar-refractivity contribution in [3.8, 4) is 0 Å². The Balaban J connectivity index is 2.99. The van der Waals surface area contributed by atoms with E-state index in [0.717, 1.165) is 0 Å². The Hall–Kier alpha value is -0.600. The van der Waals surface area contributed by atoms with Crippen molar-refractivity contribution in [2.45, 2.75) is 32.5 Å². The molecule has 2 nitrogen and oxygen atoms in total. The van der Waals surface area contributed by atoms with Gasteiger partial charge in [-0.3, -0.25) is 0 Å². The van der Waals surface area contributed by atoms with Crippen molar-refractivity contribution in [1.82, 2.24) is 0 Å². The van der Waals surface area contributed by atoms with Crippen LogP contribution in [-0.2, 0) is 9.47 Å². The minimum atomic E-state index is -0.241. The lowest BCUT2D eigenvalue weighted by molar-refractivity contribution is 0.0619. The molecule has 0 N–H and O–H groups in total. The molecule has 0 atom stereocenters. The smallest absolute Gasteiger partial charge is 0.107 e. The second-order valence-corrected chi connectivity index (χ2v) is 3.64. The molecule has 0 heterocycles. The van der Waals surface area contributed by atoms with Crippen LogP contribution in [-0.4, -0.2) is 25.9 Å². The highest BCUT2D eigenvalue weighted by atomic mass is 16.5. The van der Waals surface area contributed by atoms with Crippen LogP contribution in [0.25, 0.3) is 0 Å². The number of hydrogen-bond donors (Lipinski definition) is 0. The van der Waals surface area contributed by atoms with Gasteiger partial charge in [-0.05, 0) is 44.1 Å². The van der Waals surface area contributed by atoms with Crippen molar-refractivity contribution in [3.05, 3.63) is 23.3 Å². The fraction of sp³-hybridized carbons (Fsp3) is 0.636. The van der Waals surface area contributed by atoms with Crippen LogP contribution in [0.15, 0.2) is 23.3 Å². The second kappa shape index (κ2) is 3.64. The van der Waals surface area contributed by atoms with Gasteiger partial charge in [0, 0.05) is 14.2 Å². The van der Waals surface area contributed by atoms with Crippen molar-refractivity contribution < 1.29 is 9.47 Å². The molecule has 1 aliphatic carbocycles. The maximum Gasteiger partial charge on any atom is 0.107 e. The van der Waals surface area contributed by atoms with Crippen LogP contribution in [0.2, 0.25) is 0 Å². The SMILES string of the molecule is COC1C=C(C)C(C)(OC)C(C)=C1. The Morgan fingerprint density at radius 3 is 1.92 bits per heavy atom. The highest BCUT2D eigenvalue weighted by Gasteiger charge is 2.31. The van der Waals surface area contributed by atoms with Gasteiger partial charge in [-0.1, -0.05) is 0 Å². The molecule has 0 aromatic rings. The first-order chi connectivity index (χ1) is 6.04. The van der Waals surface area contributed by atoms with Gasteiger partial charge >= 0.3 is 0 Å². The van der Waals surface area contributed by atoms with Crippen molar-refractivity contribution in [2.24, 2.45) is 0 Å². The molecular weight excluding hydrogens is 164 g/mol. The number of hydrogen-bond acceptors (Lipinski definition) is 2. The third-order valence-corrected chi connectivity index (χ3v) is 3.01. The summed E-state index contributed by atoms with van der Waals surface area (Å²) >= 11 is 0. The average Bonchev–Trinajstić information content (AvgIpc) is 2.13. The van der Waals surface area contributed by atoms with Crippen LogP contribution in [0.4, 0.5) is 0 Å². The Kier molecular flexibility index (Phi) is 2.94. The summed E-state index contributed by atoms with van der Waals surface area (Å²) in [5, 5.41) is 0. The summed E-state index contributed by atoms with van der Waals surface area (Å²) in [4.78, 5) is 0. The van der Waals surface area contributed by atoms with Gasteiger partial charge < -0.3 is 9.47 Å². The van der Waals surface area contributed by atoms with E-state index >= 15 is 0 Å². The van der Waals surface area contributed by atoms with Crippen LogP contribution in [0, 0.1) is 0 Å². The maximum absolute atomic E-state index is 5.50. The van der Waals surface area contributed by atoms with Crippen molar-refractivity contribution in [1.29, 1.82) is 0 Å². The summed E-state index contributed by atoms with van der Waals surface area (Å²) in [5.41, 5.74) is 2.18. The van der Waals surface area contributed by atoms with Crippen LogP contribution in [0.3, 0.4) is 0 Å². The fourth-order valence-corrected chi connectivity index (χ4v) is 1.63. The lowest BCUT2D eigenvalue weighted by Gasteiger charge is -2.34. The third-order valence-electron chi connectivity index (χ3n) is 3.01. The summed E-state index contributed by atoms with van der Waals surface area (Å²) in [6.07, 6.45) is 4.29. The molecule has 0 saturated carbocycles. The van der Waals surface area contributed by atoms with E-state index in [-0.39, 0.29) is 11.7 Å². The van der Waals surface area contributed by atoms with Gasteiger partial charge in [0.15, 0.2) is 0 Å². The molecule has 0 bridgehead atoms. The van der Waals surface area contributed by atoms with Gasteiger partial charge in [0.1, 0.15) is 5.60 Å². The summed E-state index contributed by atoms with van der Waals surface area (Å²) < 4.78 is 10.8. The van der Waals surface area contributed by atoms with E-state index in [0.29, 0.717) is 0 Å². The third kappa shape index (κ3) is 1.69. The Bertz CT molecular complexity index is 231. The molecule has 0 spiro atoms. The molecule has 0 radical (unpaired) electrons. The minimum Gasteiger partial charge on any atom is -0.373 e. The number of ether oxygens (including phenoxy) is 2. The molecule has 2 heteroatoms. The Morgan fingerprint density at radius 1 is 1.15 bits per heavy atom. The maximum atomic E-state index is 5.50. The molecule has 0 unspecified atom stereocenters. The zero-order valence-electron chi connectivity index (χ0n) is 9.05. The van der Waals surface area contributed by atoms with Crippen molar-refractivity contribution >= 4 is 0 Å². The van der Waals surface area contributed by atoms with E-state index in [4.69, 9.17) is 9.47 Å². The molecule has 0 aromatic carbocycles. The van der Waals surface area contributed by atoms with E-state index in [1.807, 2.05) is 0 Å². The van der Waals surface area contributed by atoms with Crippen LogP contribution in [0.5, 0.6) is 0 Å². The molecule has 74 valence electrons. The second-order valence-electron chi connectivity index (χ2n) is 3.64. The van der Waals surface area contributed by atoms with Gasteiger partial charge in [-0.15, -0.1) is 0 Å². The highest BCUT2D eigenvalue weighted by Crippen LogP contribution is 2.33. The van der Waals surface area contributed by atoms with E-state index in [2.05, 4.69) is 32.9 Å². The van der Waals surface area contributed by atoms with E-state index in [9.17, 15) is 0 Å². The first-order valence-corrected chi connectivity index (χ1v) is 4.50. The van der Waals surface area contributed by atoms with Gasteiger partial charge in [-0.2, -0.15) is 0 Å². The summed E-state index contributed by atoms with van der Waals surface area (Å²) in [6.45, 7) is 6.23. The predicted octanol–water partition coefficient (Wildman–Crippen LogP) is 2.31. The summed E-state index contributed by atoms with van der Waals surface area (Å²) in [7, 11) is 3.45. The Labute approximate surface area is 80.2 Å². The normalized spacial score (nSPS) is 34.1. The van der Waals surface area contributed by atoms with Crippen LogP contribution >= 0.6 is 0 Å². The molecule has 0 fully saturated rings. The molecule has 0 saturated heterocycles.